The fourth-order valence-electron chi connectivity index (χ4n) is 0.932. The molecule has 0 aliphatic rings. The fourth-order valence-corrected chi connectivity index (χ4v) is 0.932. The lowest BCUT2D eigenvalue weighted by molar-refractivity contribution is -0.146. The topological polar surface area (TPSA) is 52.6 Å². The fraction of sp³-hybridized carbons (Fsp3) is 0.750. The van der Waals surface area contributed by atoms with Gasteiger partial charge < -0.3 is 9.47 Å². The van der Waals surface area contributed by atoms with E-state index in [1.54, 1.807) is 0 Å². The van der Waals surface area contributed by atoms with Crippen LogP contribution in [0.25, 0.3) is 0 Å². The van der Waals surface area contributed by atoms with Crippen LogP contribution in [0.2, 0.25) is 0 Å². The average molecular weight is 229 g/mol. The molecule has 0 aromatic rings. The first-order valence-electron chi connectivity index (χ1n) is 5.86. The van der Waals surface area contributed by atoms with E-state index in [1.165, 1.54) is 6.42 Å². The van der Waals surface area contributed by atoms with Crippen molar-refractivity contribution in [2.75, 3.05) is 13.2 Å². The lowest BCUT2D eigenvalue weighted by Gasteiger charge is -2.04. The van der Waals surface area contributed by atoms with Crippen LogP contribution in [0.5, 0.6) is 0 Å². The lowest BCUT2D eigenvalue weighted by Crippen LogP contribution is -2.12. The lowest BCUT2D eigenvalue weighted by atomic mass is 10.3. The molecule has 0 fully saturated rings. The minimum atomic E-state index is -0.444. The Hall–Kier alpha value is -1.06. The number of rotatable bonds is 9. The van der Waals surface area contributed by atoms with Gasteiger partial charge in [0.15, 0.2) is 0 Å². The normalized spacial score (nSPS) is 9.88. The Morgan fingerprint density at radius 2 is 1.56 bits per heavy atom. The van der Waals surface area contributed by atoms with E-state index < -0.39 is 5.97 Å². The Balaban J connectivity index is 3.40. The van der Waals surface area contributed by atoms with Crippen molar-refractivity contribution in [3.8, 4) is 0 Å². The molecule has 93 valence electrons. The van der Waals surface area contributed by atoms with Gasteiger partial charge >= 0.3 is 11.9 Å². The summed E-state index contributed by atoms with van der Waals surface area (Å²) in [5.74, 6) is -0.818. The second-order valence-corrected chi connectivity index (χ2v) is 3.50. The van der Waals surface area contributed by atoms with Gasteiger partial charge in [0.1, 0.15) is 0 Å². The average Bonchev–Trinajstić information content (AvgIpc) is 2.27. The Bertz CT molecular complexity index is 179. The van der Waals surface area contributed by atoms with E-state index >= 15 is 0 Å². The van der Waals surface area contributed by atoms with Gasteiger partial charge in [-0.2, -0.15) is 0 Å². The van der Waals surface area contributed by atoms with Gasteiger partial charge in [0.2, 0.25) is 0 Å². The first kappa shape index (κ1) is 14.9. The van der Waals surface area contributed by atoms with Crippen molar-refractivity contribution in [2.24, 2.45) is 0 Å². The maximum Gasteiger partial charge on any atom is 0.310 e. The second kappa shape index (κ2) is 10.5. The summed E-state index contributed by atoms with van der Waals surface area (Å²) in [7, 11) is 0. The predicted octanol–water partition coefficient (Wildman–Crippen LogP) is 2.27. The highest BCUT2D eigenvalue weighted by Crippen LogP contribution is 1.98. The molecule has 0 atom stereocenters. The molecule has 0 rings (SSSR count). The van der Waals surface area contributed by atoms with Crippen molar-refractivity contribution < 1.29 is 19.1 Å². The van der Waals surface area contributed by atoms with Crippen LogP contribution in [0.4, 0.5) is 0 Å². The highest BCUT2D eigenvalue weighted by atomic mass is 16.5. The molecule has 0 saturated carbocycles. The van der Waals surface area contributed by atoms with Crippen LogP contribution in [0, 0.1) is 6.42 Å². The third-order valence-corrected chi connectivity index (χ3v) is 1.94. The molecule has 4 nitrogen and oxygen atoms in total. The van der Waals surface area contributed by atoms with Crippen LogP contribution >= 0.6 is 0 Å². The van der Waals surface area contributed by atoms with E-state index in [2.05, 4.69) is 0 Å². The number of esters is 2. The van der Waals surface area contributed by atoms with Gasteiger partial charge in [0.05, 0.1) is 26.1 Å². The van der Waals surface area contributed by atoms with Crippen LogP contribution in [-0.4, -0.2) is 25.2 Å². The predicted molar refractivity (Wildman–Crippen MR) is 60.7 cm³/mol. The van der Waals surface area contributed by atoms with Gasteiger partial charge in [-0.3, -0.25) is 9.59 Å². The SMILES string of the molecule is CCCCOC(=O)[CH]CC(=O)OCCCC. The van der Waals surface area contributed by atoms with E-state index in [9.17, 15) is 9.59 Å². The number of ether oxygens (including phenoxy) is 2. The van der Waals surface area contributed by atoms with Gasteiger partial charge in [-0.15, -0.1) is 0 Å². The summed E-state index contributed by atoms with van der Waals surface area (Å²) in [4.78, 5) is 22.2. The molecule has 0 unspecified atom stereocenters. The van der Waals surface area contributed by atoms with Crippen LogP contribution in [0.15, 0.2) is 0 Å². The number of carbonyl (C=O) groups is 2. The molecule has 0 heterocycles. The van der Waals surface area contributed by atoms with Crippen molar-refractivity contribution in [1.29, 1.82) is 0 Å². The standard InChI is InChI=1S/C12H21O4/c1-3-5-9-15-11(13)7-8-12(14)16-10-6-4-2/h7H,3-6,8-10H2,1-2H3. The molecule has 0 aromatic heterocycles. The molecular formula is C12H21O4. The van der Waals surface area contributed by atoms with Crippen molar-refractivity contribution in [3.63, 3.8) is 0 Å². The van der Waals surface area contributed by atoms with Crippen molar-refractivity contribution in [3.05, 3.63) is 6.42 Å². The second-order valence-electron chi connectivity index (χ2n) is 3.50. The van der Waals surface area contributed by atoms with E-state index in [0.29, 0.717) is 13.2 Å². The molecule has 0 spiro atoms. The zero-order valence-electron chi connectivity index (χ0n) is 10.2. The number of hydrogen-bond donors (Lipinski definition) is 0. The first-order chi connectivity index (χ1) is 7.70. The van der Waals surface area contributed by atoms with E-state index in [-0.39, 0.29) is 12.4 Å². The van der Waals surface area contributed by atoms with E-state index in [4.69, 9.17) is 9.47 Å². The summed E-state index contributed by atoms with van der Waals surface area (Å²) in [5.41, 5.74) is 0. The molecule has 0 amide bonds. The van der Waals surface area contributed by atoms with Crippen molar-refractivity contribution in [1.82, 2.24) is 0 Å². The highest BCUT2D eigenvalue weighted by molar-refractivity contribution is 5.85. The highest BCUT2D eigenvalue weighted by Gasteiger charge is 2.08. The Labute approximate surface area is 97.3 Å². The molecule has 1 radical (unpaired) electrons. The van der Waals surface area contributed by atoms with E-state index in [0.717, 1.165) is 25.7 Å². The number of carbonyl (C=O) groups excluding carboxylic acids is 2. The summed E-state index contributed by atoms with van der Waals surface area (Å²) in [5, 5.41) is 0. The molecular weight excluding hydrogens is 208 g/mol. The minimum Gasteiger partial charge on any atom is -0.466 e. The van der Waals surface area contributed by atoms with E-state index in [1.807, 2.05) is 13.8 Å². The van der Waals surface area contributed by atoms with Gasteiger partial charge in [0, 0.05) is 0 Å². The van der Waals surface area contributed by atoms with Gasteiger partial charge in [0.25, 0.3) is 0 Å². The Morgan fingerprint density at radius 3 is 2.12 bits per heavy atom. The monoisotopic (exact) mass is 229 g/mol. The quantitative estimate of drug-likeness (QED) is 0.449. The largest absolute Gasteiger partial charge is 0.466 e. The van der Waals surface area contributed by atoms with Crippen LogP contribution in [0.1, 0.15) is 46.0 Å². The van der Waals surface area contributed by atoms with Crippen molar-refractivity contribution in [2.45, 2.75) is 46.0 Å². The van der Waals surface area contributed by atoms with Crippen LogP contribution in [-0.2, 0) is 19.1 Å². The third-order valence-electron chi connectivity index (χ3n) is 1.94. The maximum atomic E-state index is 11.1. The first-order valence-corrected chi connectivity index (χ1v) is 5.86. The van der Waals surface area contributed by atoms with Gasteiger partial charge in [-0.1, -0.05) is 26.7 Å². The zero-order chi connectivity index (χ0) is 12.2. The Kier molecular flexibility index (Phi) is 9.76. The summed E-state index contributed by atoms with van der Waals surface area (Å²) in [6, 6.07) is 0. The summed E-state index contributed by atoms with van der Waals surface area (Å²) >= 11 is 0. The molecule has 0 aliphatic heterocycles. The van der Waals surface area contributed by atoms with Crippen LogP contribution < -0.4 is 0 Å². The Morgan fingerprint density at radius 1 is 1.00 bits per heavy atom. The maximum absolute atomic E-state index is 11.1. The number of hydrogen-bond acceptors (Lipinski definition) is 4. The molecule has 0 bridgehead atoms. The molecule has 16 heavy (non-hydrogen) atoms. The van der Waals surface area contributed by atoms with Crippen molar-refractivity contribution >= 4 is 11.9 Å². The summed E-state index contributed by atoms with van der Waals surface area (Å²) in [6.07, 6.45) is 4.88. The van der Waals surface area contributed by atoms with Gasteiger partial charge in [-0.25, -0.2) is 0 Å². The molecule has 4 heteroatoms. The summed E-state index contributed by atoms with van der Waals surface area (Å²) in [6.45, 7) is 4.87. The van der Waals surface area contributed by atoms with Gasteiger partial charge in [-0.05, 0) is 12.8 Å². The smallest absolute Gasteiger partial charge is 0.310 e. The molecule has 0 aromatic carbocycles. The summed E-state index contributed by atoms with van der Waals surface area (Å²) < 4.78 is 9.74. The molecule has 0 saturated heterocycles. The van der Waals surface area contributed by atoms with Crippen LogP contribution in [0.3, 0.4) is 0 Å². The number of unbranched alkanes of at least 4 members (excludes halogenated alkanes) is 2. The zero-order valence-corrected chi connectivity index (χ0v) is 10.2. The minimum absolute atomic E-state index is 0.00529. The molecule has 0 N–H and O–H groups in total. The third kappa shape index (κ3) is 9.49. The molecule has 0 aliphatic carbocycles.